The molecule has 0 spiro atoms. The summed E-state index contributed by atoms with van der Waals surface area (Å²) in [4.78, 5) is 0. The van der Waals surface area contributed by atoms with E-state index in [1.54, 1.807) is 0 Å². The summed E-state index contributed by atoms with van der Waals surface area (Å²) in [5.74, 6) is 0.00116. The van der Waals surface area contributed by atoms with Gasteiger partial charge < -0.3 is 16.6 Å². The molecule has 0 aromatic carbocycles. The summed E-state index contributed by atoms with van der Waals surface area (Å²) in [7, 11) is 0. The van der Waals surface area contributed by atoms with Gasteiger partial charge in [0.15, 0.2) is 0 Å². The summed E-state index contributed by atoms with van der Waals surface area (Å²) >= 11 is 0. The smallest absolute Gasteiger partial charge is 0.102 e. The van der Waals surface area contributed by atoms with E-state index < -0.39 is 0 Å². The minimum atomic E-state index is -0.375. The van der Waals surface area contributed by atoms with Crippen LogP contribution in [0.25, 0.3) is 0 Å². The molecule has 0 heterocycles. The van der Waals surface area contributed by atoms with Crippen LogP contribution < -0.4 is 11.5 Å². The van der Waals surface area contributed by atoms with Crippen molar-refractivity contribution in [1.82, 2.24) is 0 Å². The summed E-state index contributed by atoms with van der Waals surface area (Å²) < 4.78 is 0. The van der Waals surface area contributed by atoms with Crippen molar-refractivity contribution in [1.29, 1.82) is 0 Å². The molecule has 0 amide bonds. The molecule has 10 heavy (non-hydrogen) atoms. The van der Waals surface area contributed by atoms with Gasteiger partial charge in [0, 0.05) is 5.70 Å². The van der Waals surface area contributed by atoms with Crippen LogP contribution in [0.4, 0.5) is 0 Å². The highest BCUT2D eigenvalue weighted by molar-refractivity contribution is 4.96. The topological polar surface area (TPSA) is 72.3 Å². The maximum atomic E-state index is 8.74. The van der Waals surface area contributed by atoms with E-state index in [-0.39, 0.29) is 11.8 Å². The number of aliphatic hydroxyl groups is 1. The fourth-order valence-electron chi connectivity index (χ4n) is 0.508. The summed E-state index contributed by atoms with van der Waals surface area (Å²) in [6.45, 7) is 6.79. The predicted molar refractivity (Wildman–Crippen MR) is 42.3 cm³/mol. The van der Waals surface area contributed by atoms with Crippen LogP contribution in [0.15, 0.2) is 24.6 Å². The van der Waals surface area contributed by atoms with Gasteiger partial charge in [0.2, 0.25) is 0 Å². The zero-order chi connectivity index (χ0) is 8.15. The Morgan fingerprint density at radius 3 is 2.30 bits per heavy atom. The Kier molecular flexibility index (Phi) is 3.57. The summed E-state index contributed by atoms with van der Waals surface area (Å²) in [6.07, 6.45) is 1.23. The molecule has 5 N–H and O–H groups in total. The minimum absolute atomic E-state index is 0.00116. The molecule has 0 aliphatic rings. The van der Waals surface area contributed by atoms with Crippen molar-refractivity contribution < 1.29 is 5.11 Å². The van der Waals surface area contributed by atoms with Gasteiger partial charge in [-0.1, -0.05) is 13.2 Å². The molecule has 0 rings (SSSR count). The third-order valence-electron chi connectivity index (χ3n) is 1.20. The molecule has 0 bridgehead atoms. The Labute approximate surface area is 61.0 Å². The highest BCUT2D eigenvalue weighted by atomic mass is 16.3. The van der Waals surface area contributed by atoms with Gasteiger partial charge in [0.25, 0.3) is 0 Å². The molecule has 58 valence electrons. The molecular formula is C7H14N2O. The Morgan fingerprint density at radius 2 is 2.00 bits per heavy atom. The van der Waals surface area contributed by atoms with Crippen molar-refractivity contribution in [3.05, 3.63) is 24.6 Å². The van der Waals surface area contributed by atoms with E-state index in [0.717, 1.165) is 0 Å². The first-order valence-corrected chi connectivity index (χ1v) is 3.10. The number of aliphatic hydroxyl groups excluding tert-OH is 1. The second-order valence-electron chi connectivity index (χ2n) is 2.29. The first kappa shape index (κ1) is 9.04. The standard InChI is InChI=1S/C7H14N2O/c1-5(8)3-4-7(9)6(2)10/h7,10H,1-4,8-9H2/t7-/m0/s1. The normalized spacial score (nSPS) is 12.5. The van der Waals surface area contributed by atoms with E-state index in [9.17, 15) is 0 Å². The first-order chi connectivity index (χ1) is 4.54. The Morgan fingerprint density at radius 1 is 1.50 bits per heavy atom. The van der Waals surface area contributed by atoms with Crippen molar-refractivity contribution in [2.45, 2.75) is 18.9 Å². The monoisotopic (exact) mass is 142 g/mol. The molecule has 3 heteroatoms. The van der Waals surface area contributed by atoms with Crippen LogP contribution in [-0.2, 0) is 0 Å². The molecule has 0 aliphatic carbocycles. The van der Waals surface area contributed by atoms with E-state index in [4.69, 9.17) is 16.6 Å². The molecule has 0 fully saturated rings. The molecule has 0 aliphatic heterocycles. The molecule has 0 aromatic rings. The van der Waals surface area contributed by atoms with Crippen LogP contribution in [0, 0.1) is 0 Å². The lowest BCUT2D eigenvalue weighted by atomic mass is 10.1. The average Bonchev–Trinajstić information content (AvgIpc) is 1.82. The molecule has 0 unspecified atom stereocenters. The maximum Gasteiger partial charge on any atom is 0.102 e. The second-order valence-corrected chi connectivity index (χ2v) is 2.29. The second kappa shape index (κ2) is 3.95. The third-order valence-corrected chi connectivity index (χ3v) is 1.20. The van der Waals surface area contributed by atoms with Gasteiger partial charge in [-0.2, -0.15) is 0 Å². The van der Waals surface area contributed by atoms with Gasteiger partial charge >= 0.3 is 0 Å². The Hall–Kier alpha value is -0.960. The summed E-state index contributed by atoms with van der Waals surface area (Å²) in [5, 5.41) is 8.74. The number of rotatable bonds is 4. The van der Waals surface area contributed by atoms with Gasteiger partial charge in [0.05, 0.1) is 6.04 Å². The molecule has 3 nitrogen and oxygen atoms in total. The molecule has 0 radical (unpaired) electrons. The van der Waals surface area contributed by atoms with E-state index in [1.807, 2.05) is 0 Å². The van der Waals surface area contributed by atoms with Gasteiger partial charge in [0.1, 0.15) is 5.76 Å². The largest absolute Gasteiger partial charge is 0.511 e. The number of hydrogen-bond donors (Lipinski definition) is 3. The molecule has 0 aromatic heterocycles. The number of nitrogens with two attached hydrogens (primary N) is 2. The molecule has 0 saturated carbocycles. The minimum Gasteiger partial charge on any atom is -0.511 e. The van der Waals surface area contributed by atoms with E-state index >= 15 is 0 Å². The van der Waals surface area contributed by atoms with E-state index in [1.165, 1.54) is 0 Å². The van der Waals surface area contributed by atoms with Crippen LogP contribution >= 0.6 is 0 Å². The fraction of sp³-hybridized carbons (Fsp3) is 0.429. The number of allylic oxidation sites excluding steroid dienone is 1. The number of hydrogen-bond acceptors (Lipinski definition) is 3. The lowest BCUT2D eigenvalue weighted by Crippen LogP contribution is -2.22. The molecule has 1 atom stereocenters. The zero-order valence-electron chi connectivity index (χ0n) is 6.01. The van der Waals surface area contributed by atoms with Crippen molar-refractivity contribution in [2.24, 2.45) is 11.5 Å². The fourth-order valence-corrected chi connectivity index (χ4v) is 0.508. The van der Waals surface area contributed by atoms with Crippen LogP contribution in [0.5, 0.6) is 0 Å². The zero-order valence-corrected chi connectivity index (χ0v) is 6.01. The lowest BCUT2D eigenvalue weighted by Gasteiger charge is -2.08. The van der Waals surface area contributed by atoms with Gasteiger partial charge in [-0.15, -0.1) is 0 Å². The van der Waals surface area contributed by atoms with Gasteiger partial charge in [-0.05, 0) is 12.8 Å². The van der Waals surface area contributed by atoms with Crippen LogP contribution in [0.1, 0.15) is 12.8 Å². The van der Waals surface area contributed by atoms with Crippen molar-refractivity contribution >= 4 is 0 Å². The summed E-state index contributed by atoms with van der Waals surface area (Å²) in [6, 6.07) is -0.375. The lowest BCUT2D eigenvalue weighted by molar-refractivity contribution is 0.362. The summed E-state index contributed by atoms with van der Waals surface area (Å²) in [5.41, 5.74) is 11.3. The van der Waals surface area contributed by atoms with Crippen molar-refractivity contribution in [3.63, 3.8) is 0 Å². The third kappa shape index (κ3) is 3.97. The highest BCUT2D eigenvalue weighted by Gasteiger charge is 2.03. The average molecular weight is 142 g/mol. The van der Waals surface area contributed by atoms with Crippen molar-refractivity contribution in [3.8, 4) is 0 Å². The van der Waals surface area contributed by atoms with Crippen LogP contribution in [0.3, 0.4) is 0 Å². The molecular weight excluding hydrogens is 128 g/mol. The van der Waals surface area contributed by atoms with E-state index in [0.29, 0.717) is 18.5 Å². The van der Waals surface area contributed by atoms with Gasteiger partial charge in [-0.3, -0.25) is 0 Å². The van der Waals surface area contributed by atoms with Crippen LogP contribution in [0.2, 0.25) is 0 Å². The predicted octanol–water partition coefficient (Wildman–Crippen LogP) is 0.638. The Balaban J connectivity index is 3.49. The first-order valence-electron chi connectivity index (χ1n) is 3.10. The highest BCUT2D eigenvalue weighted by Crippen LogP contribution is 2.03. The van der Waals surface area contributed by atoms with E-state index in [2.05, 4.69) is 13.2 Å². The maximum absolute atomic E-state index is 8.74. The van der Waals surface area contributed by atoms with Gasteiger partial charge in [-0.25, -0.2) is 0 Å². The molecule has 0 saturated heterocycles. The van der Waals surface area contributed by atoms with Crippen LogP contribution in [-0.4, -0.2) is 11.1 Å². The quantitative estimate of drug-likeness (QED) is 0.504. The van der Waals surface area contributed by atoms with Crippen molar-refractivity contribution in [2.75, 3.05) is 0 Å². The Bertz CT molecular complexity index is 143. The SMILES string of the molecule is C=C(N)CC[C@H](N)C(=C)O.